The second-order valence-electron chi connectivity index (χ2n) is 2.78. The van der Waals surface area contributed by atoms with Crippen molar-refractivity contribution >= 4 is 27.5 Å². The monoisotopic (exact) mass is 238 g/mol. The summed E-state index contributed by atoms with van der Waals surface area (Å²) in [6.45, 7) is 0. The summed E-state index contributed by atoms with van der Waals surface area (Å²) >= 11 is 3.34. The van der Waals surface area contributed by atoms with Crippen LogP contribution in [0.2, 0.25) is 0 Å². The second-order valence-corrected chi connectivity index (χ2v) is 3.69. The van der Waals surface area contributed by atoms with Crippen molar-refractivity contribution in [1.82, 2.24) is 5.43 Å². The van der Waals surface area contributed by atoms with Crippen LogP contribution >= 0.6 is 15.9 Å². The largest absolute Gasteiger partial charge is 0.273 e. The molecule has 0 aliphatic carbocycles. The Labute approximate surface area is 84.0 Å². The molecule has 0 radical (unpaired) electrons. The van der Waals surface area contributed by atoms with Gasteiger partial charge in [0, 0.05) is 4.47 Å². The van der Waals surface area contributed by atoms with Crippen molar-refractivity contribution in [3.05, 3.63) is 34.3 Å². The zero-order valence-corrected chi connectivity index (χ0v) is 8.34. The number of nitrogens with one attached hydrogen (secondary N) is 1. The van der Waals surface area contributed by atoms with E-state index in [0.29, 0.717) is 6.42 Å². The van der Waals surface area contributed by atoms with Gasteiger partial charge in [0.2, 0.25) is 5.91 Å². The Morgan fingerprint density at radius 3 is 2.54 bits per heavy atom. The normalized spacial score (nSPS) is 15.5. The van der Waals surface area contributed by atoms with Crippen molar-refractivity contribution in [2.24, 2.45) is 5.10 Å². The standard InChI is InChI=1S/C9H7BrN2O/c10-7-3-1-6(2-4-7)8-5-9(13)12-11-8/h1-4H,5H2,(H,12,13). The number of rotatable bonds is 1. The highest BCUT2D eigenvalue weighted by Gasteiger charge is 2.15. The quantitative estimate of drug-likeness (QED) is 0.795. The molecule has 1 aromatic carbocycles. The molecule has 0 spiro atoms. The van der Waals surface area contributed by atoms with Crippen molar-refractivity contribution in [2.75, 3.05) is 0 Å². The van der Waals surface area contributed by atoms with Gasteiger partial charge in [0.1, 0.15) is 0 Å². The SMILES string of the molecule is O=C1CC(c2ccc(Br)cc2)=NN1. The maximum Gasteiger partial charge on any atom is 0.246 e. The first kappa shape index (κ1) is 8.44. The number of hydrogen-bond donors (Lipinski definition) is 1. The van der Waals surface area contributed by atoms with Crippen LogP contribution in [0, 0.1) is 0 Å². The summed E-state index contributed by atoms with van der Waals surface area (Å²) in [5.74, 6) is -0.0436. The molecule has 0 aromatic heterocycles. The maximum atomic E-state index is 10.9. The molecule has 1 amide bonds. The average Bonchev–Trinajstić information content (AvgIpc) is 2.53. The third-order valence-corrected chi connectivity index (χ3v) is 2.35. The lowest BCUT2D eigenvalue weighted by Gasteiger charge is -1.97. The van der Waals surface area contributed by atoms with Gasteiger partial charge in [0.15, 0.2) is 0 Å². The van der Waals surface area contributed by atoms with Gasteiger partial charge in [-0.2, -0.15) is 5.10 Å². The Morgan fingerprint density at radius 1 is 1.31 bits per heavy atom. The smallest absolute Gasteiger partial charge is 0.246 e. The topological polar surface area (TPSA) is 41.5 Å². The molecule has 3 nitrogen and oxygen atoms in total. The van der Waals surface area contributed by atoms with Crippen LogP contribution in [-0.2, 0) is 4.79 Å². The Morgan fingerprint density at radius 2 is 2.00 bits per heavy atom. The number of hydrogen-bond acceptors (Lipinski definition) is 2. The van der Waals surface area contributed by atoms with Gasteiger partial charge >= 0.3 is 0 Å². The minimum Gasteiger partial charge on any atom is -0.273 e. The molecule has 1 aliphatic heterocycles. The molecule has 2 rings (SSSR count). The summed E-state index contributed by atoms with van der Waals surface area (Å²) < 4.78 is 1.02. The zero-order chi connectivity index (χ0) is 9.26. The second kappa shape index (κ2) is 3.30. The van der Waals surface area contributed by atoms with Crippen molar-refractivity contribution in [3.8, 4) is 0 Å². The number of carbonyl (C=O) groups excluding carboxylic acids is 1. The van der Waals surface area contributed by atoms with Crippen LogP contribution in [0.4, 0.5) is 0 Å². The molecular weight excluding hydrogens is 232 g/mol. The summed E-state index contributed by atoms with van der Waals surface area (Å²) in [5, 5.41) is 3.92. The summed E-state index contributed by atoms with van der Waals surface area (Å²) in [6, 6.07) is 7.73. The number of hydrazone groups is 1. The summed E-state index contributed by atoms with van der Waals surface area (Å²) in [4.78, 5) is 10.9. The highest BCUT2D eigenvalue weighted by Crippen LogP contribution is 2.13. The highest BCUT2D eigenvalue weighted by molar-refractivity contribution is 9.10. The molecule has 1 heterocycles. The Balaban J connectivity index is 2.27. The molecule has 0 saturated heterocycles. The zero-order valence-electron chi connectivity index (χ0n) is 6.75. The number of halogens is 1. The van der Waals surface area contributed by atoms with E-state index in [1.807, 2.05) is 24.3 Å². The lowest BCUT2D eigenvalue weighted by molar-refractivity contribution is -0.119. The van der Waals surface area contributed by atoms with Gasteiger partial charge in [-0.25, -0.2) is 5.43 Å². The minimum absolute atomic E-state index is 0.0436. The van der Waals surface area contributed by atoms with Crippen molar-refractivity contribution in [2.45, 2.75) is 6.42 Å². The lowest BCUT2D eigenvalue weighted by atomic mass is 10.1. The van der Waals surface area contributed by atoms with Crippen molar-refractivity contribution in [3.63, 3.8) is 0 Å². The summed E-state index contributed by atoms with van der Waals surface area (Å²) in [5.41, 5.74) is 4.21. The molecule has 13 heavy (non-hydrogen) atoms. The molecule has 0 bridgehead atoms. The summed E-state index contributed by atoms with van der Waals surface area (Å²) in [6.07, 6.45) is 0.377. The van der Waals surface area contributed by atoms with E-state index in [2.05, 4.69) is 26.5 Å². The molecule has 1 aromatic rings. The molecular formula is C9H7BrN2O. The third-order valence-electron chi connectivity index (χ3n) is 1.82. The maximum absolute atomic E-state index is 10.9. The fraction of sp³-hybridized carbons (Fsp3) is 0.111. The lowest BCUT2D eigenvalue weighted by Crippen LogP contribution is -2.09. The minimum atomic E-state index is -0.0436. The number of benzene rings is 1. The Kier molecular flexibility index (Phi) is 2.14. The molecule has 1 aliphatic rings. The van der Waals surface area contributed by atoms with Crippen LogP contribution in [-0.4, -0.2) is 11.6 Å². The van der Waals surface area contributed by atoms with Gasteiger partial charge in [-0.1, -0.05) is 28.1 Å². The third kappa shape index (κ3) is 1.78. The van der Waals surface area contributed by atoms with E-state index in [4.69, 9.17) is 0 Å². The number of amides is 1. The molecule has 1 N–H and O–H groups in total. The molecule has 0 saturated carbocycles. The van der Waals surface area contributed by atoms with Crippen molar-refractivity contribution in [1.29, 1.82) is 0 Å². The first-order valence-electron chi connectivity index (χ1n) is 3.87. The Hall–Kier alpha value is -1.16. The molecule has 0 atom stereocenters. The highest BCUT2D eigenvalue weighted by atomic mass is 79.9. The van der Waals surface area contributed by atoms with Gasteiger partial charge in [-0.15, -0.1) is 0 Å². The van der Waals surface area contributed by atoms with E-state index in [1.165, 1.54) is 0 Å². The average molecular weight is 239 g/mol. The van der Waals surface area contributed by atoms with E-state index in [9.17, 15) is 4.79 Å². The molecule has 0 fully saturated rings. The predicted molar refractivity (Wildman–Crippen MR) is 53.4 cm³/mol. The van der Waals surface area contributed by atoms with Crippen molar-refractivity contribution < 1.29 is 4.79 Å². The summed E-state index contributed by atoms with van der Waals surface area (Å²) in [7, 11) is 0. The van der Waals surface area contributed by atoms with E-state index >= 15 is 0 Å². The van der Waals surface area contributed by atoms with E-state index in [-0.39, 0.29) is 5.91 Å². The van der Waals surface area contributed by atoms with Crippen LogP contribution in [0.1, 0.15) is 12.0 Å². The molecule has 4 heteroatoms. The first-order valence-corrected chi connectivity index (χ1v) is 4.66. The van der Waals surface area contributed by atoms with Gasteiger partial charge in [0.05, 0.1) is 12.1 Å². The molecule has 66 valence electrons. The molecule has 0 unspecified atom stereocenters. The van der Waals surface area contributed by atoms with Gasteiger partial charge in [-0.3, -0.25) is 4.79 Å². The first-order chi connectivity index (χ1) is 6.25. The van der Waals surface area contributed by atoms with Gasteiger partial charge < -0.3 is 0 Å². The van der Waals surface area contributed by atoms with Crippen LogP contribution in [0.25, 0.3) is 0 Å². The van der Waals surface area contributed by atoms with Crippen LogP contribution in [0.3, 0.4) is 0 Å². The van der Waals surface area contributed by atoms with E-state index in [0.717, 1.165) is 15.7 Å². The fourth-order valence-electron chi connectivity index (χ4n) is 1.17. The van der Waals surface area contributed by atoms with Crippen LogP contribution in [0.15, 0.2) is 33.8 Å². The van der Waals surface area contributed by atoms with Gasteiger partial charge in [-0.05, 0) is 17.7 Å². The predicted octanol–water partition coefficient (Wildman–Crippen LogP) is 1.67. The fourth-order valence-corrected chi connectivity index (χ4v) is 1.43. The van der Waals surface area contributed by atoms with E-state index in [1.54, 1.807) is 0 Å². The number of carbonyl (C=O) groups is 1. The Bertz CT molecular complexity index is 370. The number of nitrogens with zero attached hydrogens (tertiary/aromatic N) is 1. The van der Waals surface area contributed by atoms with E-state index < -0.39 is 0 Å². The van der Waals surface area contributed by atoms with Gasteiger partial charge in [0.25, 0.3) is 0 Å². The van der Waals surface area contributed by atoms with Crippen LogP contribution < -0.4 is 5.43 Å². The van der Waals surface area contributed by atoms with Crippen LogP contribution in [0.5, 0.6) is 0 Å².